The lowest BCUT2D eigenvalue weighted by atomic mass is 10.2. The van der Waals surface area contributed by atoms with Crippen LogP contribution in [0.1, 0.15) is 12.8 Å². The highest BCUT2D eigenvalue weighted by Gasteiger charge is 2.28. The first-order chi connectivity index (χ1) is 9.65. The molecular weight excluding hydrogens is 250 g/mol. The highest BCUT2D eigenvalue weighted by Crippen LogP contribution is 2.29. The zero-order valence-corrected chi connectivity index (χ0v) is 12.1. The number of rotatable bonds is 3. The number of anilines is 2. The molecule has 0 radical (unpaired) electrons. The molecule has 5 nitrogen and oxygen atoms in total. The number of para-hydroxylation sites is 2. The van der Waals surface area contributed by atoms with E-state index in [2.05, 4.69) is 28.9 Å². The van der Waals surface area contributed by atoms with E-state index in [9.17, 15) is 0 Å². The second-order valence-electron chi connectivity index (χ2n) is 5.67. The molecule has 1 aliphatic rings. The summed E-state index contributed by atoms with van der Waals surface area (Å²) in [6.07, 6.45) is 2.37. The zero-order chi connectivity index (χ0) is 14.1. The van der Waals surface area contributed by atoms with Crippen molar-refractivity contribution in [3.8, 4) is 0 Å². The number of nitrogen functional groups attached to an aromatic ring is 1. The number of hydrogen-bond donors (Lipinski definition) is 1. The first-order valence-electron chi connectivity index (χ1n) is 7.09. The molecule has 20 heavy (non-hydrogen) atoms. The fourth-order valence-corrected chi connectivity index (χ4v) is 2.94. The molecule has 1 fully saturated rings. The lowest BCUT2D eigenvalue weighted by Gasteiger charge is -2.28. The molecule has 1 atom stereocenters. The SMILES string of the molecule is CN(C)CC1CCCN1c1nc2ccccc2nc1N. The number of nitrogens with zero attached hydrogens (tertiary/aromatic N) is 4. The largest absolute Gasteiger partial charge is 0.381 e. The Bertz CT molecular complexity index is 610. The van der Waals surface area contributed by atoms with Gasteiger partial charge in [0.2, 0.25) is 0 Å². The third kappa shape index (κ3) is 2.41. The van der Waals surface area contributed by atoms with Crippen molar-refractivity contribution in [1.29, 1.82) is 0 Å². The van der Waals surface area contributed by atoms with Crippen LogP contribution in [0.3, 0.4) is 0 Å². The van der Waals surface area contributed by atoms with Crippen LogP contribution < -0.4 is 10.6 Å². The smallest absolute Gasteiger partial charge is 0.172 e. The van der Waals surface area contributed by atoms with Gasteiger partial charge in [0.05, 0.1) is 11.0 Å². The Balaban J connectivity index is 1.98. The van der Waals surface area contributed by atoms with Gasteiger partial charge < -0.3 is 15.5 Å². The highest BCUT2D eigenvalue weighted by molar-refractivity contribution is 5.79. The lowest BCUT2D eigenvalue weighted by Crippen LogP contribution is -2.38. The van der Waals surface area contributed by atoms with Gasteiger partial charge in [0.1, 0.15) is 0 Å². The van der Waals surface area contributed by atoms with Gasteiger partial charge in [-0.3, -0.25) is 0 Å². The minimum Gasteiger partial charge on any atom is -0.381 e. The Morgan fingerprint density at radius 2 is 1.95 bits per heavy atom. The van der Waals surface area contributed by atoms with Crippen LogP contribution in [-0.4, -0.2) is 48.1 Å². The summed E-state index contributed by atoms with van der Waals surface area (Å²) in [6, 6.07) is 8.35. The molecule has 2 aromatic rings. The molecule has 1 unspecified atom stereocenters. The maximum absolute atomic E-state index is 6.13. The summed E-state index contributed by atoms with van der Waals surface area (Å²) < 4.78 is 0. The summed E-state index contributed by atoms with van der Waals surface area (Å²) in [7, 11) is 4.21. The molecule has 1 aromatic heterocycles. The van der Waals surface area contributed by atoms with Crippen molar-refractivity contribution in [2.75, 3.05) is 37.8 Å². The van der Waals surface area contributed by atoms with Gasteiger partial charge in [-0.05, 0) is 39.1 Å². The van der Waals surface area contributed by atoms with Crippen molar-refractivity contribution >= 4 is 22.7 Å². The minimum atomic E-state index is 0.475. The van der Waals surface area contributed by atoms with Crippen LogP contribution in [0.5, 0.6) is 0 Å². The van der Waals surface area contributed by atoms with E-state index in [1.54, 1.807) is 0 Å². The van der Waals surface area contributed by atoms with E-state index in [1.165, 1.54) is 12.8 Å². The first kappa shape index (κ1) is 13.1. The number of nitrogens with two attached hydrogens (primary N) is 1. The molecule has 106 valence electrons. The van der Waals surface area contributed by atoms with E-state index in [1.807, 2.05) is 24.3 Å². The molecule has 2 N–H and O–H groups in total. The summed E-state index contributed by atoms with van der Waals surface area (Å²) in [5.74, 6) is 1.38. The van der Waals surface area contributed by atoms with E-state index in [0.717, 1.165) is 29.9 Å². The van der Waals surface area contributed by atoms with Gasteiger partial charge in [-0.25, -0.2) is 9.97 Å². The molecule has 0 bridgehead atoms. The highest BCUT2D eigenvalue weighted by atomic mass is 15.3. The maximum atomic E-state index is 6.13. The second-order valence-corrected chi connectivity index (χ2v) is 5.67. The Kier molecular flexibility index (Phi) is 3.44. The molecule has 5 heteroatoms. The Morgan fingerprint density at radius 1 is 1.25 bits per heavy atom. The molecule has 1 aromatic carbocycles. The van der Waals surface area contributed by atoms with Crippen molar-refractivity contribution in [3.05, 3.63) is 24.3 Å². The number of aromatic nitrogens is 2. The Hall–Kier alpha value is -1.88. The number of likely N-dealkylation sites (N-methyl/N-ethyl adjacent to an activating group) is 1. The van der Waals surface area contributed by atoms with Crippen molar-refractivity contribution in [2.24, 2.45) is 0 Å². The van der Waals surface area contributed by atoms with Crippen LogP contribution in [-0.2, 0) is 0 Å². The van der Waals surface area contributed by atoms with Gasteiger partial charge in [-0.15, -0.1) is 0 Å². The molecule has 2 heterocycles. The molecular formula is C15H21N5. The van der Waals surface area contributed by atoms with Crippen LogP contribution in [0.25, 0.3) is 11.0 Å². The third-order valence-electron chi connectivity index (χ3n) is 3.80. The topological polar surface area (TPSA) is 58.3 Å². The van der Waals surface area contributed by atoms with Gasteiger partial charge in [0, 0.05) is 19.1 Å². The number of benzene rings is 1. The van der Waals surface area contributed by atoms with E-state index >= 15 is 0 Å². The molecule has 0 aliphatic carbocycles. The fraction of sp³-hybridized carbons (Fsp3) is 0.467. The maximum Gasteiger partial charge on any atom is 0.172 e. The molecule has 1 aliphatic heterocycles. The fourth-order valence-electron chi connectivity index (χ4n) is 2.94. The number of fused-ring (bicyclic) bond motifs is 1. The summed E-state index contributed by atoms with van der Waals surface area (Å²) in [5, 5.41) is 0. The van der Waals surface area contributed by atoms with Crippen molar-refractivity contribution in [1.82, 2.24) is 14.9 Å². The molecule has 3 rings (SSSR count). The predicted octanol–water partition coefficient (Wildman–Crippen LogP) is 1.74. The van der Waals surface area contributed by atoms with Gasteiger partial charge in [-0.2, -0.15) is 0 Å². The molecule has 0 saturated carbocycles. The summed E-state index contributed by atoms with van der Waals surface area (Å²) in [4.78, 5) is 13.8. The van der Waals surface area contributed by atoms with Crippen LogP contribution in [0.2, 0.25) is 0 Å². The first-order valence-corrected chi connectivity index (χ1v) is 7.09. The summed E-state index contributed by atoms with van der Waals surface area (Å²) >= 11 is 0. The van der Waals surface area contributed by atoms with Crippen molar-refractivity contribution in [2.45, 2.75) is 18.9 Å². The van der Waals surface area contributed by atoms with E-state index in [-0.39, 0.29) is 0 Å². The molecule has 0 amide bonds. The van der Waals surface area contributed by atoms with Crippen LogP contribution >= 0.6 is 0 Å². The normalized spacial score (nSPS) is 19.1. The van der Waals surface area contributed by atoms with Crippen molar-refractivity contribution in [3.63, 3.8) is 0 Å². The molecule has 1 saturated heterocycles. The van der Waals surface area contributed by atoms with Gasteiger partial charge in [0.25, 0.3) is 0 Å². The predicted molar refractivity (Wildman–Crippen MR) is 82.9 cm³/mol. The van der Waals surface area contributed by atoms with Crippen LogP contribution in [0, 0.1) is 0 Å². The van der Waals surface area contributed by atoms with E-state index < -0.39 is 0 Å². The average molecular weight is 271 g/mol. The van der Waals surface area contributed by atoms with Gasteiger partial charge in [0.15, 0.2) is 11.6 Å². The van der Waals surface area contributed by atoms with Crippen molar-refractivity contribution < 1.29 is 0 Å². The quantitative estimate of drug-likeness (QED) is 0.921. The molecule has 0 spiro atoms. The third-order valence-corrected chi connectivity index (χ3v) is 3.80. The summed E-state index contributed by atoms with van der Waals surface area (Å²) in [5.41, 5.74) is 7.90. The van der Waals surface area contributed by atoms with E-state index in [4.69, 9.17) is 10.7 Å². The number of hydrogen-bond acceptors (Lipinski definition) is 5. The second kappa shape index (κ2) is 5.25. The zero-order valence-electron chi connectivity index (χ0n) is 12.1. The van der Waals surface area contributed by atoms with Gasteiger partial charge >= 0.3 is 0 Å². The Morgan fingerprint density at radius 3 is 2.65 bits per heavy atom. The summed E-state index contributed by atoms with van der Waals surface area (Å²) in [6.45, 7) is 2.03. The van der Waals surface area contributed by atoms with Crippen LogP contribution in [0.4, 0.5) is 11.6 Å². The lowest BCUT2D eigenvalue weighted by molar-refractivity contribution is 0.371. The standard InChI is InChI=1S/C15H21N5/c1-19(2)10-11-6-5-9-20(11)15-14(16)17-12-7-3-4-8-13(12)18-15/h3-4,7-8,11H,5-6,9-10H2,1-2H3,(H2,16,17). The minimum absolute atomic E-state index is 0.475. The monoisotopic (exact) mass is 271 g/mol. The Labute approximate surface area is 119 Å². The average Bonchev–Trinajstić information content (AvgIpc) is 2.85. The van der Waals surface area contributed by atoms with Crippen LogP contribution in [0.15, 0.2) is 24.3 Å². The van der Waals surface area contributed by atoms with E-state index in [0.29, 0.717) is 11.9 Å². The van der Waals surface area contributed by atoms with Gasteiger partial charge in [-0.1, -0.05) is 12.1 Å².